The van der Waals surface area contributed by atoms with Crippen LogP contribution in [0.4, 0.5) is 0 Å². The second kappa shape index (κ2) is 6.71. The highest BCUT2D eigenvalue weighted by molar-refractivity contribution is 5.81. The van der Waals surface area contributed by atoms with Crippen LogP contribution >= 0.6 is 0 Å². The van der Waals surface area contributed by atoms with Gasteiger partial charge < -0.3 is 19.8 Å². The molecule has 0 radical (unpaired) electrons. The Balaban J connectivity index is 2.14. The van der Waals surface area contributed by atoms with Gasteiger partial charge in [-0.2, -0.15) is 0 Å². The van der Waals surface area contributed by atoms with Crippen LogP contribution in [0.1, 0.15) is 6.42 Å². The number of aromatic nitrogens is 2. The molecule has 0 aliphatic carbocycles. The highest BCUT2D eigenvalue weighted by Gasteiger charge is 2.14. The van der Waals surface area contributed by atoms with Crippen molar-refractivity contribution in [1.82, 2.24) is 9.55 Å². The Kier molecular flexibility index (Phi) is 4.48. The van der Waals surface area contributed by atoms with Crippen LogP contribution in [-0.4, -0.2) is 30.3 Å². The van der Waals surface area contributed by atoms with Crippen LogP contribution in [0.25, 0.3) is 22.4 Å². The highest BCUT2D eigenvalue weighted by atomic mass is 16.5. The summed E-state index contributed by atoms with van der Waals surface area (Å²) in [5, 5.41) is 0. The van der Waals surface area contributed by atoms with Gasteiger partial charge in [-0.25, -0.2) is 4.98 Å². The van der Waals surface area contributed by atoms with Crippen molar-refractivity contribution in [2.45, 2.75) is 13.0 Å². The molecule has 2 N–H and O–H groups in total. The largest absolute Gasteiger partial charge is 0.493 e. The average molecular weight is 311 g/mol. The maximum Gasteiger partial charge on any atom is 0.161 e. The number of imidazole rings is 1. The van der Waals surface area contributed by atoms with E-state index in [0.29, 0.717) is 18.0 Å². The van der Waals surface area contributed by atoms with Crippen molar-refractivity contribution in [3.8, 4) is 22.9 Å². The first-order chi connectivity index (χ1) is 11.3. The third-order valence-corrected chi connectivity index (χ3v) is 3.88. The molecule has 1 aromatic heterocycles. The molecule has 3 rings (SSSR count). The van der Waals surface area contributed by atoms with E-state index < -0.39 is 0 Å². The topological polar surface area (TPSA) is 62.3 Å². The number of benzene rings is 2. The summed E-state index contributed by atoms with van der Waals surface area (Å²) in [6.07, 6.45) is 0.903. The molecule has 5 heteroatoms. The fraction of sp³-hybridized carbons (Fsp3) is 0.278. The quantitative estimate of drug-likeness (QED) is 0.760. The number of methoxy groups -OCH3 is 2. The van der Waals surface area contributed by atoms with E-state index >= 15 is 0 Å². The molecule has 0 aliphatic rings. The maximum atomic E-state index is 5.69. The van der Waals surface area contributed by atoms with Gasteiger partial charge in [-0.3, -0.25) is 0 Å². The molecule has 0 saturated carbocycles. The Hall–Kier alpha value is -2.53. The summed E-state index contributed by atoms with van der Waals surface area (Å²) in [4.78, 5) is 4.79. The molecule has 0 atom stereocenters. The molecular weight excluding hydrogens is 290 g/mol. The minimum Gasteiger partial charge on any atom is -0.493 e. The molecule has 5 nitrogen and oxygen atoms in total. The van der Waals surface area contributed by atoms with Crippen LogP contribution in [0, 0.1) is 0 Å². The molecule has 0 unspecified atom stereocenters. The Labute approximate surface area is 135 Å². The summed E-state index contributed by atoms with van der Waals surface area (Å²) in [6, 6.07) is 14.0. The van der Waals surface area contributed by atoms with E-state index in [-0.39, 0.29) is 0 Å². The van der Waals surface area contributed by atoms with Crippen LogP contribution in [0.2, 0.25) is 0 Å². The van der Waals surface area contributed by atoms with Gasteiger partial charge in [-0.05, 0) is 43.3 Å². The van der Waals surface area contributed by atoms with E-state index in [1.54, 1.807) is 14.2 Å². The van der Waals surface area contributed by atoms with Crippen LogP contribution < -0.4 is 15.2 Å². The lowest BCUT2D eigenvalue weighted by Crippen LogP contribution is -2.07. The van der Waals surface area contributed by atoms with Crippen molar-refractivity contribution in [2.75, 3.05) is 20.8 Å². The predicted molar refractivity (Wildman–Crippen MR) is 91.9 cm³/mol. The fourth-order valence-electron chi connectivity index (χ4n) is 2.75. The normalized spacial score (nSPS) is 10.9. The third kappa shape index (κ3) is 2.87. The molecule has 0 spiro atoms. The van der Waals surface area contributed by atoms with E-state index in [1.807, 2.05) is 36.4 Å². The minimum absolute atomic E-state index is 0.651. The molecule has 23 heavy (non-hydrogen) atoms. The third-order valence-electron chi connectivity index (χ3n) is 3.88. The number of rotatable bonds is 6. The summed E-state index contributed by atoms with van der Waals surface area (Å²) < 4.78 is 12.9. The monoisotopic (exact) mass is 311 g/mol. The van der Waals surface area contributed by atoms with E-state index in [1.165, 1.54) is 0 Å². The van der Waals surface area contributed by atoms with Gasteiger partial charge in [0.2, 0.25) is 0 Å². The number of nitrogens with two attached hydrogens (primary N) is 1. The van der Waals surface area contributed by atoms with Crippen molar-refractivity contribution in [3.63, 3.8) is 0 Å². The summed E-state index contributed by atoms with van der Waals surface area (Å²) in [5.74, 6) is 2.32. The van der Waals surface area contributed by atoms with E-state index in [4.69, 9.17) is 20.2 Å². The van der Waals surface area contributed by atoms with E-state index in [0.717, 1.165) is 35.4 Å². The number of nitrogens with zero attached hydrogens (tertiary/aromatic N) is 2. The van der Waals surface area contributed by atoms with E-state index in [9.17, 15) is 0 Å². The standard InChI is InChI=1S/C18H21N3O2/c1-22-16-9-8-13(12-17(16)23-2)18-20-14-6-3-4-7-15(14)21(18)11-5-10-19/h3-4,6-9,12H,5,10-11,19H2,1-2H3. The van der Waals surface area contributed by atoms with Crippen molar-refractivity contribution >= 4 is 11.0 Å². The lowest BCUT2D eigenvalue weighted by atomic mass is 10.2. The lowest BCUT2D eigenvalue weighted by Gasteiger charge is -2.11. The molecule has 2 aromatic carbocycles. The maximum absolute atomic E-state index is 5.69. The Morgan fingerprint density at radius 1 is 1.04 bits per heavy atom. The highest BCUT2D eigenvalue weighted by Crippen LogP contribution is 2.33. The molecule has 0 fully saturated rings. The minimum atomic E-state index is 0.651. The van der Waals surface area contributed by atoms with Gasteiger partial charge in [0.15, 0.2) is 11.5 Å². The number of ether oxygens (including phenoxy) is 2. The van der Waals surface area contributed by atoms with Gasteiger partial charge >= 0.3 is 0 Å². The van der Waals surface area contributed by atoms with Gasteiger partial charge in [0.05, 0.1) is 25.3 Å². The van der Waals surface area contributed by atoms with E-state index in [2.05, 4.69) is 10.6 Å². The lowest BCUT2D eigenvalue weighted by molar-refractivity contribution is 0.355. The average Bonchev–Trinajstić information content (AvgIpc) is 2.97. The Morgan fingerprint density at radius 3 is 2.57 bits per heavy atom. The Bertz CT molecular complexity index is 811. The zero-order valence-corrected chi connectivity index (χ0v) is 13.5. The van der Waals surface area contributed by atoms with Gasteiger partial charge in [0.1, 0.15) is 5.82 Å². The fourth-order valence-corrected chi connectivity index (χ4v) is 2.75. The number of hydrogen-bond donors (Lipinski definition) is 1. The number of aryl methyl sites for hydroxylation is 1. The van der Waals surface area contributed by atoms with Crippen LogP contribution in [0.3, 0.4) is 0 Å². The molecule has 0 amide bonds. The van der Waals surface area contributed by atoms with Crippen LogP contribution in [0.5, 0.6) is 11.5 Å². The van der Waals surface area contributed by atoms with Crippen molar-refractivity contribution in [3.05, 3.63) is 42.5 Å². The molecule has 0 aliphatic heterocycles. The van der Waals surface area contributed by atoms with Gasteiger partial charge in [-0.1, -0.05) is 12.1 Å². The molecule has 0 bridgehead atoms. The van der Waals surface area contributed by atoms with Gasteiger partial charge in [0.25, 0.3) is 0 Å². The molecule has 1 heterocycles. The molecule has 120 valence electrons. The van der Waals surface area contributed by atoms with Crippen molar-refractivity contribution < 1.29 is 9.47 Å². The van der Waals surface area contributed by atoms with Crippen LogP contribution in [0.15, 0.2) is 42.5 Å². The van der Waals surface area contributed by atoms with Crippen LogP contribution in [-0.2, 0) is 6.54 Å². The first-order valence-corrected chi connectivity index (χ1v) is 7.66. The molecule has 3 aromatic rings. The number of para-hydroxylation sites is 2. The second-order valence-corrected chi connectivity index (χ2v) is 5.29. The SMILES string of the molecule is COc1ccc(-c2nc3ccccc3n2CCCN)cc1OC. The second-order valence-electron chi connectivity index (χ2n) is 5.29. The van der Waals surface area contributed by atoms with Crippen molar-refractivity contribution in [2.24, 2.45) is 5.73 Å². The zero-order chi connectivity index (χ0) is 16.2. The smallest absolute Gasteiger partial charge is 0.161 e. The first-order valence-electron chi connectivity index (χ1n) is 7.66. The summed E-state index contributed by atoms with van der Waals surface area (Å²) in [6.45, 7) is 1.48. The van der Waals surface area contributed by atoms with Gasteiger partial charge in [0, 0.05) is 12.1 Å². The molecule has 0 saturated heterocycles. The number of hydrogen-bond acceptors (Lipinski definition) is 4. The zero-order valence-electron chi connectivity index (χ0n) is 13.5. The van der Waals surface area contributed by atoms with Crippen molar-refractivity contribution in [1.29, 1.82) is 0 Å². The summed E-state index contributed by atoms with van der Waals surface area (Å²) in [5.41, 5.74) is 8.78. The molecular formula is C18H21N3O2. The predicted octanol–water partition coefficient (Wildman–Crippen LogP) is 3.07. The summed E-state index contributed by atoms with van der Waals surface area (Å²) >= 11 is 0. The van der Waals surface area contributed by atoms with Gasteiger partial charge in [-0.15, -0.1) is 0 Å². The summed E-state index contributed by atoms with van der Waals surface area (Å²) in [7, 11) is 3.27. The Morgan fingerprint density at radius 2 is 1.83 bits per heavy atom. The first kappa shape index (κ1) is 15.4. The number of fused-ring (bicyclic) bond motifs is 1.